The van der Waals surface area contributed by atoms with Gasteiger partial charge < -0.3 is 15.0 Å². The monoisotopic (exact) mass is 381 g/mol. The molecule has 150 valence electrons. The molecule has 5 nitrogen and oxygen atoms in total. The highest BCUT2D eigenvalue weighted by Crippen LogP contribution is 2.13. The molecule has 1 aliphatic rings. The van der Waals surface area contributed by atoms with E-state index in [9.17, 15) is 4.79 Å². The van der Waals surface area contributed by atoms with E-state index in [2.05, 4.69) is 46.6 Å². The maximum atomic E-state index is 12.6. The van der Waals surface area contributed by atoms with Gasteiger partial charge in [-0.05, 0) is 29.7 Å². The zero-order chi connectivity index (χ0) is 19.6. The minimum Gasteiger partial charge on any atom is -0.497 e. The largest absolute Gasteiger partial charge is 0.497 e. The average molecular weight is 382 g/mol. The molecule has 2 aromatic carbocycles. The van der Waals surface area contributed by atoms with Crippen LogP contribution in [0.15, 0.2) is 54.6 Å². The number of ether oxygens (including phenoxy) is 1. The molecule has 1 saturated heterocycles. The summed E-state index contributed by atoms with van der Waals surface area (Å²) in [5.74, 6) is 1.15. The van der Waals surface area contributed by atoms with Crippen molar-refractivity contribution in [3.63, 3.8) is 0 Å². The lowest BCUT2D eigenvalue weighted by molar-refractivity contribution is -0.132. The number of methoxy groups -OCH3 is 1. The standard InChI is InChI=1S/C23H31N3O2/c1-28-22-9-7-20(8-10-22)11-15-25(19-21-5-3-2-4-6-21)16-12-23(27)26-17-13-24-14-18-26/h2-10,24H,11-19H2,1H3. The Balaban J connectivity index is 1.56. The summed E-state index contributed by atoms with van der Waals surface area (Å²) >= 11 is 0. The van der Waals surface area contributed by atoms with Gasteiger partial charge in [0.15, 0.2) is 0 Å². The van der Waals surface area contributed by atoms with Gasteiger partial charge >= 0.3 is 0 Å². The molecular weight excluding hydrogens is 350 g/mol. The fourth-order valence-electron chi connectivity index (χ4n) is 3.52. The van der Waals surface area contributed by atoms with Gasteiger partial charge in [0.1, 0.15) is 5.75 Å². The summed E-state index contributed by atoms with van der Waals surface area (Å²) < 4.78 is 5.24. The van der Waals surface area contributed by atoms with E-state index in [0.29, 0.717) is 6.42 Å². The minimum atomic E-state index is 0.268. The normalized spacial score (nSPS) is 14.3. The summed E-state index contributed by atoms with van der Waals surface area (Å²) in [5, 5.41) is 3.30. The number of benzene rings is 2. The molecule has 0 bridgehead atoms. The third kappa shape index (κ3) is 6.36. The SMILES string of the molecule is COc1ccc(CCN(CCC(=O)N2CCNCC2)Cc2ccccc2)cc1. The van der Waals surface area contributed by atoms with Gasteiger partial charge in [-0.3, -0.25) is 9.69 Å². The summed E-state index contributed by atoms with van der Waals surface area (Å²) in [7, 11) is 1.69. The molecule has 0 atom stereocenters. The van der Waals surface area contributed by atoms with Gasteiger partial charge in [-0.1, -0.05) is 42.5 Å². The van der Waals surface area contributed by atoms with Crippen molar-refractivity contribution in [1.29, 1.82) is 0 Å². The quantitative estimate of drug-likeness (QED) is 0.725. The smallest absolute Gasteiger partial charge is 0.223 e. The van der Waals surface area contributed by atoms with Crippen molar-refractivity contribution in [1.82, 2.24) is 15.1 Å². The number of hydrogen-bond acceptors (Lipinski definition) is 4. The van der Waals surface area contributed by atoms with Crippen molar-refractivity contribution in [2.75, 3.05) is 46.4 Å². The van der Waals surface area contributed by atoms with Crippen molar-refractivity contribution in [2.45, 2.75) is 19.4 Å². The molecule has 1 N–H and O–H groups in total. The highest BCUT2D eigenvalue weighted by molar-refractivity contribution is 5.76. The van der Waals surface area contributed by atoms with Crippen LogP contribution in [0, 0.1) is 0 Å². The molecular formula is C23H31N3O2. The van der Waals surface area contributed by atoms with Gasteiger partial charge in [-0.2, -0.15) is 0 Å². The molecule has 1 amide bonds. The first-order valence-electron chi connectivity index (χ1n) is 10.1. The van der Waals surface area contributed by atoms with Crippen LogP contribution in [-0.2, 0) is 17.8 Å². The minimum absolute atomic E-state index is 0.268. The van der Waals surface area contributed by atoms with Crippen molar-refractivity contribution in [2.24, 2.45) is 0 Å². The van der Waals surface area contributed by atoms with Gasteiger partial charge in [-0.25, -0.2) is 0 Å². The Kier molecular flexibility index (Phi) is 7.88. The Morgan fingerprint density at radius 2 is 1.71 bits per heavy atom. The van der Waals surface area contributed by atoms with Crippen molar-refractivity contribution >= 4 is 5.91 Å². The van der Waals surface area contributed by atoms with E-state index in [4.69, 9.17) is 4.74 Å². The van der Waals surface area contributed by atoms with Crippen LogP contribution in [0.4, 0.5) is 0 Å². The predicted molar refractivity (Wildman–Crippen MR) is 112 cm³/mol. The lowest BCUT2D eigenvalue weighted by Gasteiger charge is -2.29. The fourth-order valence-corrected chi connectivity index (χ4v) is 3.52. The van der Waals surface area contributed by atoms with Crippen LogP contribution in [0.5, 0.6) is 5.75 Å². The number of rotatable bonds is 9. The summed E-state index contributed by atoms with van der Waals surface area (Å²) in [6.07, 6.45) is 1.54. The van der Waals surface area contributed by atoms with E-state index in [1.54, 1.807) is 7.11 Å². The van der Waals surface area contributed by atoms with Crippen LogP contribution >= 0.6 is 0 Å². The van der Waals surface area contributed by atoms with Crippen molar-refractivity contribution in [3.8, 4) is 5.75 Å². The van der Waals surface area contributed by atoms with Crippen LogP contribution in [-0.4, -0.2) is 62.1 Å². The molecule has 2 aromatic rings. The van der Waals surface area contributed by atoms with E-state index >= 15 is 0 Å². The van der Waals surface area contributed by atoms with Crippen molar-refractivity contribution < 1.29 is 9.53 Å². The Hall–Kier alpha value is -2.37. The molecule has 0 aromatic heterocycles. The van der Waals surface area contributed by atoms with E-state index in [-0.39, 0.29) is 5.91 Å². The maximum Gasteiger partial charge on any atom is 0.223 e. The molecule has 0 saturated carbocycles. The number of nitrogens with zero attached hydrogens (tertiary/aromatic N) is 2. The number of hydrogen-bond donors (Lipinski definition) is 1. The van der Waals surface area contributed by atoms with Crippen LogP contribution in [0.3, 0.4) is 0 Å². The maximum absolute atomic E-state index is 12.6. The summed E-state index contributed by atoms with van der Waals surface area (Å²) in [4.78, 5) is 16.9. The molecule has 0 spiro atoms. The Morgan fingerprint density at radius 3 is 2.39 bits per heavy atom. The van der Waals surface area contributed by atoms with Gasteiger partial charge in [0.05, 0.1) is 7.11 Å². The van der Waals surface area contributed by atoms with Gasteiger partial charge in [0.2, 0.25) is 5.91 Å². The van der Waals surface area contributed by atoms with Crippen LogP contribution in [0.2, 0.25) is 0 Å². The zero-order valence-electron chi connectivity index (χ0n) is 16.8. The fraction of sp³-hybridized carbons (Fsp3) is 0.435. The molecule has 5 heteroatoms. The molecule has 28 heavy (non-hydrogen) atoms. The molecule has 1 aliphatic heterocycles. The second kappa shape index (κ2) is 10.8. The predicted octanol–water partition coefficient (Wildman–Crippen LogP) is 2.56. The number of carbonyl (C=O) groups excluding carboxylic acids is 1. The van der Waals surface area contributed by atoms with Crippen LogP contribution < -0.4 is 10.1 Å². The molecule has 0 aliphatic carbocycles. The van der Waals surface area contributed by atoms with Gasteiger partial charge in [0, 0.05) is 52.2 Å². The molecule has 1 heterocycles. The second-order valence-electron chi connectivity index (χ2n) is 7.24. The topological polar surface area (TPSA) is 44.8 Å². The first-order valence-corrected chi connectivity index (χ1v) is 10.1. The molecule has 0 radical (unpaired) electrons. The van der Waals surface area contributed by atoms with E-state index in [0.717, 1.165) is 58.0 Å². The Morgan fingerprint density at radius 1 is 1.00 bits per heavy atom. The van der Waals surface area contributed by atoms with E-state index in [1.165, 1.54) is 11.1 Å². The number of piperazine rings is 1. The Bertz CT molecular complexity index is 712. The summed E-state index contributed by atoms with van der Waals surface area (Å²) in [6, 6.07) is 18.7. The molecule has 3 rings (SSSR count). The molecule has 0 unspecified atom stereocenters. The first kappa shape index (κ1) is 20.4. The lowest BCUT2D eigenvalue weighted by atomic mass is 10.1. The Labute approximate surface area is 168 Å². The average Bonchev–Trinajstić information content (AvgIpc) is 2.77. The summed E-state index contributed by atoms with van der Waals surface area (Å²) in [5.41, 5.74) is 2.57. The van der Waals surface area contributed by atoms with Crippen LogP contribution in [0.25, 0.3) is 0 Å². The number of amides is 1. The highest BCUT2D eigenvalue weighted by Gasteiger charge is 2.17. The summed E-state index contributed by atoms with van der Waals surface area (Å²) in [6.45, 7) is 6.02. The third-order valence-electron chi connectivity index (χ3n) is 5.24. The van der Waals surface area contributed by atoms with Crippen molar-refractivity contribution in [3.05, 3.63) is 65.7 Å². The second-order valence-corrected chi connectivity index (χ2v) is 7.24. The third-order valence-corrected chi connectivity index (χ3v) is 5.24. The first-order chi connectivity index (χ1) is 13.7. The van der Waals surface area contributed by atoms with Gasteiger partial charge in [-0.15, -0.1) is 0 Å². The van der Waals surface area contributed by atoms with Gasteiger partial charge in [0.25, 0.3) is 0 Å². The lowest BCUT2D eigenvalue weighted by Crippen LogP contribution is -2.47. The number of nitrogens with one attached hydrogen (secondary N) is 1. The zero-order valence-corrected chi connectivity index (χ0v) is 16.8. The highest BCUT2D eigenvalue weighted by atomic mass is 16.5. The van der Waals surface area contributed by atoms with Crippen LogP contribution in [0.1, 0.15) is 17.5 Å². The molecule has 1 fully saturated rings. The van der Waals surface area contributed by atoms with E-state index < -0.39 is 0 Å². The number of carbonyl (C=O) groups is 1. The van der Waals surface area contributed by atoms with E-state index in [1.807, 2.05) is 23.1 Å².